The highest BCUT2D eigenvalue weighted by Gasteiger charge is 2.27. The molecule has 1 heterocycles. The molecule has 0 fully saturated rings. The molecular weight excluding hydrogens is 458 g/mol. The number of rotatable bonds is 4. The second-order valence-corrected chi connectivity index (χ2v) is 9.87. The van der Waals surface area contributed by atoms with Crippen molar-refractivity contribution in [3.63, 3.8) is 0 Å². The monoisotopic (exact) mass is 479 g/mol. The Morgan fingerprint density at radius 1 is 1.09 bits per heavy atom. The molecule has 168 valence electrons. The van der Waals surface area contributed by atoms with Gasteiger partial charge < -0.3 is 5.32 Å². The van der Waals surface area contributed by atoms with Crippen molar-refractivity contribution >= 4 is 52.0 Å². The van der Waals surface area contributed by atoms with E-state index in [1.54, 1.807) is 75.4 Å². The highest BCUT2D eigenvalue weighted by molar-refractivity contribution is 7.07. The van der Waals surface area contributed by atoms with E-state index in [2.05, 4.69) is 5.32 Å². The quantitative estimate of drug-likeness (QED) is 0.618. The summed E-state index contributed by atoms with van der Waals surface area (Å²) < 4.78 is 2.01. The summed E-state index contributed by atoms with van der Waals surface area (Å²) in [4.78, 5) is 37.6. The van der Waals surface area contributed by atoms with Gasteiger partial charge in [-0.2, -0.15) is 5.26 Å². The van der Waals surface area contributed by atoms with E-state index in [9.17, 15) is 19.6 Å². The first kappa shape index (κ1) is 24.2. The van der Waals surface area contributed by atoms with E-state index in [0.717, 1.165) is 16.9 Å². The van der Waals surface area contributed by atoms with Crippen LogP contribution < -0.4 is 20.1 Å². The molecule has 0 unspecified atom stereocenters. The molecule has 2 aromatic carbocycles. The summed E-state index contributed by atoms with van der Waals surface area (Å²) in [7, 11) is 0. The van der Waals surface area contributed by atoms with Gasteiger partial charge in [-0.15, -0.1) is 11.3 Å². The van der Waals surface area contributed by atoms with E-state index < -0.39 is 5.41 Å². The number of hydrogen-bond acceptors (Lipinski definition) is 5. The largest absolute Gasteiger partial charge is 0.326 e. The minimum atomic E-state index is -0.792. The summed E-state index contributed by atoms with van der Waals surface area (Å²) in [5.74, 6) is -0.524. The lowest BCUT2D eigenvalue weighted by Gasteiger charge is -2.15. The van der Waals surface area contributed by atoms with E-state index in [1.165, 1.54) is 11.5 Å². The fraction of sp³-hybridized carbons (Fsp3) is 0.200. The van der Waals surface area contributed by atoms with Crippen molar-refractivity contribution < 1.29 is 9.59 Å². The van der Waals surface area contributed by atoms with Crippen LogP contribution in [0.1, 0.15) is 33.3 Å². The molecule has 33 heavy (non-hydrogen) atoms. The van der Waals surface area contributed by atoms with Crippen molar-refractivity contribution in [1.82, 2.24) is 4.57 Å². The topological polar surface area (TPSA) is 92.0 Å². The van der Waals surface area contributed by atoms with E-state index in [1.807, 2.05) is 6.07 Å². The molecule has 6 nitrogen and oxygen atoms in total. The van der Waals surface area contributed by atoms with Gasteiger partial charge in [-0.05, 0) is 48.0 Å². The number of Topliss-reactive ketones (excluding diaryl/α,β-unsaturated/α-hetero) is 1. The van der Waals surface area contributed by atoms with Crippen LogP contribution in [0.2, 0.25) is 5.02 Å². The number of carbonyl (C=O) groups is 2. The maximum absolute atomic E-state index is 13.4. The standard InChI is InChI=1S/C25H22ClN3O3S/c1-15(30)28-18-9-5-16(6-10-18)13-21-23(32)29(19-11-7-17(26)8-12-19)24(33-21)20(14-27)22(31)25(2,3)4/h5-13H,1-4H3,(H,28,30). The predicted molar refractivity (Wildman–Crippen MR) is 132 cm³/mol. The number of anilines is 1. The number of nitrogens with zero attached hydrogens (tertiary/aromatic N) is 2. The molecule has 0 aliphatic carbocycles. The predicted octanol–water partition coefficient (Wildman–Crippen LogP) is 3.63. The fourth-order valence-electron chi connectivity index (χ4n) is 3.06. The molecule has 0 saturated heterocycles. The van der Waals surface area contributed by atoms with E-state index >= 15 is 0 Å². The molecule has 1 aromatic heterocycles. The van der Waals surface area contributed by atoms with E-state index in [0.29, 0.717) is 20.9 Å². The van der Waals surface area contributed by atoms with Crippen molar-refractivity contribution in [2.45, 2.75) is 27.7 Å². The zero-order chi connectivity index (χ0) is 24.3. The second-order valence-electron chi connectivity index (χ2n) is 8.40. The molecule has 8 heteroatoms. The Bertz CT molecular complexity index is 1440. The normalized spacial score (nSPS) is 12.8. The van der Waals surface area contributed by atoms with Crippen LogP contribution in [-0.4, -0.2) is 16.3 Å². The van der Waals surface area contributed by atoms with Gasteiger partial charge in [0.25, 0.3) is 5.56 Å². The first-order valence-corrected chi connectivity index (χ1v) is 11.3. The molecule has 0 bridgehead atoms. The maximum Gasteiger partial charge on any atom is 0.273 e. The fourth-order valence-corrected chi connectivity index (χ4v) is 4.29. The van der Waals surface area contributed by atoms with Gasteiger partial charge >= 0.3 is 0 Å². The minimum Gasteiger partial charge on any atom is -0.326 e. The Morgan fingerprint density at radius 3 is 2.21 bits per heavy atom. The molecule has 0 aliphatic rings. The first-order chi connectivity index (χ1) is 15.5. The van der Waals surface area contributed by atoms with E-state index in [4.69, 9.17) is 11.6 Å². The summed E-state index contributed by atoms with van der Waals surface area (Å²) in [6, 6.07) is 15.6. The number of ketones is 1. The Balaban J connectivity index is 2.30. The Hall–Kier alpha value is -3.47. The number of benzene rings is 2. The molecule has 1 N–H and O–H groups in total. The average Bonchev–Trinajstić information content (AvgIpc) is 3.05. The molecule has 0 radical (unpaired) electrons. The van der Waals surface area contributed by atoms with Crippen LogP contribution in [0.25, 0.3) is 17.3 Å². The highest BCUT2D eigenvalue weighted by atomic mass is 35.5. The average molecular weight is 480 g/mol. The SMILES string of the molecule is CC(=O)Nc1ccc(C=c2sc(=C(C#N)C(=O)C(C)(C)C)n(-c3ccc(Cl)cc3)c2=O)cc1. The van der Waals surface area contributed by atoms with Crippen LogP contribution in [0.4, 0.5) is 5.69 Å². The van der Waals surface area contributed by atoms with Crippen molar-refractivity contribution in [3.05, 3.63) is 78.7 Å². The van der Waals surface area contributed by atoms with Gasteiger partial charge in [-0.1, -0.05) is 44.5 Å². The van der Waals surface area contributed by atoms with Gasteiger partial charge in [0.2, 0.25) is 5.91 Å². The number of carbonyl (C=O) groups excluding carboxylic acids is 2. The van der Waals surface area contributed by atoms with Gasteiger partial charge in [0, 0.05) is 23.0 Å². The highest BCUT2D eigenvalue weighted by Crippen LogP contribution is 2.20. The zero-order valence-electron chi connectivity index (χ0n) is 18.6. The Labute approximate surface area is 200 Å². The number of nitriles is 1. The smallest absolute Gasteiger partial charge is 0.273 e. The van der Waals surface area contributed by atoms with E-state index in [-0.39, 0.29) is 27.5 Å². The number of amides is 1. The van der Waals surface area contributed by atoms with Crippen LogP contribution in [0.5, 0.6) is 0 Å². The molecule has 0 atom stereocenters. The van der Waals surface area contributed by atoms with Crippen molar-refractivity contribution in [2.75, 3.05) is 5.32 Å². The van der Waals surface area contributed by atoms with Crippen LogP contribution >= 0.6 is 22.9 Å². The van der Waals surface area contributed by atoms with Crippen molar-refractivity contribution in [2.24, 2.45) is 5.41 Å². The lowest BCUT2D eigenvalue weighted by atomic mass is 9.87. The summed E-state index contributed by atoms with van der Waals surface area (Å²) in [6.45, 7) is 6.62. The third kappa shape index (κ3) is 5.48. The minimum absolute atomic E-state index is 0.0693. The molecule has 3 rings (SSSR count). The number of thiazole rings is 1. The van der Waals surface area contributed by atoms with Gasteiger partial charge in [-0.25, -0.2) is 0 Å². The molecule has 0 saturated carbocycles. The lowest BCUT2D eigenvalue weighted by molar-refractivity contribution is -0.120. The number of halogens is 1. The second kappa shape index (κ2) is 9.57. The number of hydrogen-bond donors (Lipinski definition) is 1. The zero-order valence-corrected chi connectivity index (χ0v) is 20.2. The van der Waals surface area contributed by atoms with Gasteiger partial charge in [-0.3, -0.25) is 19.0 Å². The number of nitrogens with one attached hydrogen (secondary N) is 1. The summed E-state index contributed by atoms with van der Waals surface area (Å²) in [6.07, 6.45) is 1.69. The molecule has 0 spiro atoms. The van der Waals surface area contributed by atoms with Crippen LogP contribution in [-0.2, 0) is 9.59 Å². The van der Waals surface area contributed by atoms with Crippen LogP contribution in [0.15, 0.2) is 53.3 Å². The van der Waals surface area contributed by atoms with Crippen molar-refractivity contribution in [3.8, 4) is 11.8 Å². The Morgan fingerprint density at radius 2 is 1.70 bits per heavy atom. The van der Waals surface area contributed by atoms with Gasteiger partial charge in [0.1, 0.15) is 16.3 Å². The van der Waals surface area contributed by atoms with Gasteiger partial charge in [0.05, 0.1) is 10.2 Å². The molecule has 1 amide bonds. The summed E-state index contributed by atoms with van der Waals surface area (Å²) in [5.41, 5.74) is 0.668. The van der Waals surface area contributed by atoms with Crippen molar-refractivity contribution in [1.29, 1.82) is 5.26 Å². The first-order valence-electron chi connectivity index (χ1n) is 10.1. The third-order valence-electron chi connectivity index (χ3n) is 4.67. The summed E-state index contributed by atoms with van der Waals surface area (Å²) in [5, 5.41) is 13.0. The maximum atomic E-state index is 13.4. The number of aromatic nitrogens is 1. The Kier molecular flexibility index (Phi) is 7.01. The summed E-state index contributed by atoms with van der Waals surface area (Å²) >= 11 is 7.09. The van der Waals surface area contributed by atoms with Crippen LogP contribution in [0.3, 0.4) is 0 Å². The molecule has 0 aliphatic heterocycles. The van der Waals surface area contributed by atoms with Crippen LogP contribution in [0, 0.1) is 16.7 Å². The molecular formula is C25H22ClN3O3S. The lowest BCUT2D eigenvalue weighted by Crippen LogP contribution is -2.33. The third-order valence-corrected chi connectivity index (χ3v) is 6.02. The van der Waals surface area contributed by atoms with Gasteiger partial charge in [0.15, 0.2) is 5.78 Å². The molecule has 3 aromatic rings.